The highest BCUT2D eigenvalue weighted by Crippen LogP contribution is 2.30. The molecule has 3 nitrogen and oxygen atoms in total. The van der Waals surface area contributed by atoms with E-state index >= 15 is 0 Å². The van der Waals surface area contributed by atoms with Gasteiger partial charge in [-0.1, -0.05) is 6.92 Å². The maximum Gasteiger partial charge on any atom is 0.105 e. The van der Waals surface area contributed by atoms with Gasteiger partial charge in [-0.3, -0.25) is 4.90 Å². The molecule has 1 aliphatic rings. The molecule has 0 aromatic rings. The Morgan fingerprint density at radius 2 is 2.18 bits per heavy atom. The van der Waals surface area contributed by atoms with E-state index in [9.17, 15) is 5.26 Å². The molecule has 1 N–H and O–H groups in total. The van der Waals surface area contributed by atoms with Crippen LogP contribution in [0.15, 0.2) is 0 Å². The van der Waals surface area contributed by atoms with Gasteiger partial charge in [0.15, 0.2) is 0 Å². The molecule has 0 radical (unpaired) electrons. The van der Waals surface area contributed by atoms with Crippen molar-refractivity contribution < 1.29 is 0 Å². The van der Waals surface area contributed by atoms with Gasteiger partial charge in [0, 0.05) is 18.1 Å². The normalized spacial score (nSPS) is 30.8. The molecule has 0 aliphatic carbocycles. The van der Waals surface area contributed by atoms with Crippen molar-refractivity contribution in [3.05, 3.63) is 0 Å². The third-order valence-corrected chi connectivity index (χ3v) is 4.33. The molecular formula is C14H27N3. The number of nitrogens with one attached hydrogen (secondary N) is 1. The Labute approximate surface area is 106 Å². The predicted molar refractivity (Wildman–Crippen MR) is 71.8 cm³/mol. The van der Waals surface area contributed by atoms with Crippen molar-refractivity contribution in [2.24, 2.45) is 0 Å². The standard InChI is InChI=1S/C14H27N3/c1-6-13-8-7-11(2)17(13)12(3)9-14(4,10-15)16-5/h11-13,16H,6-9H2,1-5H3. The molecule has 98 valence electrons. The number of nitriles is 1. The summed E-state index contributed by atoms with van der Waals surface area (Å²) in [5.74, 6) is 0. The molecule has 1 fully saturated rings. The maximum absolute atomic E-state index is 9.23. The first kappa shape index (κ1) is 14.5. The summed E-state index contributed by atoms with van der Waals surface area (Å²) in [5.41, 5.74) is -0.403. The van der Waals surface area contributed by atoms with E-state index in [0.29, 0.717) is 18.1 Å². The Morgan fingerprint density at radius 1 is 1.53 bits per heavy atom. The highest BCUT2D eigenvalue weighted by molar-refractivity contribution is 5.05. The number of hydrogen-bond acceptors (Lipinski definition) is 3. The van der Waals surface area contributed by atoms with Crippen LogP contribution in [0.4, 0.5) is 0 Å². The van der Waals surface area contributed by atoms with Gasteiger partial charge in [-0.05, 0) is 53.5 Å². The van der Waals surface area contributed by atoms with Crippen LogP contribution in [-0.4, -0.2) is 35.6 Å². The van der Waals surface area contributed by atoms with Crippen molar-refractivity contribution in [3.8, 4) is 6.07 Å². The van der Waals surface area contributed by atoms with E-state index in [1.54, 1.807) is 0 Å². The van der Waals surface area contributed by atoms with Crippen molar-refractivity contribution >= 4 is 0 Å². The molecule has 3 heteroatoms. The van der Waals surface area contributed by atoms with E-state index in [-0.39, 0.29) is 0 Å². The number of rotatable bonds is 5. The fourth-order valence-corrected chi connectivity index (χ4v) is 3.20. The molecule has 0 aromatic heterocycles. The Hall–Kier alpha value is -0.590. The molecule has 0 amide bonds. The largest absolute Gasteiger partial charge is 0.303 e. The molecule has 1 rings (SSSR count). The quantitative estimate of drug-likeness (QED) is 0.798. The second-order valence-corrected chi connectivity index (χ2v) is 5.68. The van der Waals surface area contributed by atoms with Crippen LogP contribution in [0.1, 0.15) is 53.4 Å². The van der Waals surface area contributed by atoms with E-state index < -0.39 is 5.54 Å². The highest BCUT2D eigenvalue weighted by Gasteiger charge is 2.36. The lowest BCUT2D eigenvalue weighted by atomic mass is 9.94. The first-order valence-electron chi connectivity index (χ1n) is 6.85. The van der Waals surface area contributed by atoms with Gasteiger partial charge < -0.3 is 5.32 Å². The van der Waals surface area contributed by atoms with Gasteiger partial charge in [0.25, 0.3) is 0 Å². The predicted octanol–water partition coefficient (Wildman–Crippen LogP) is 2.53. The lowest BCUT2D eigenvalue weighted by molar-refractivity contribution is 0.122. The van der Waals surface area contributed by atoms with Gasteiger partial charge in [0.05, 0.1) is 6.07 Å². The summed E-state index contributed by atoms with van der Waals surface area (Å²) in [6.07, 6.45) is 4.72. The van der Waals surface area contributed by atoms with E-state index in [2.05, 4.69) is 37.1 Å². The number of likely N-dealkylation sites (tertiary alicyclic amines) is 1. The van der Waals surface area contributed by atoms with E-state index in [4.69, 9.17) is 0 Å². The SMILES string of the molecule is CCC1CCC(C)N1C(C)CC(C)(C#N)NC. The fourth-order valence-electron chi connectivity index (χ4n) is 3.20. The summed E-state index contributed by atoms with van der Waals surface area (Å²) in [4.78, 5) is 2.62. The molecule has 1 aliphatic heterocycles. The van der Waals surface area contributed by atoms with Crippen LogP contribution in [0, 0.1) is 11.3 Å². The summed E-state index contributed by atoms with van der Waals surface area (Å²) in [6.45, 7) is 8.84. The van der Waals surface area contributed by atoms with Crippen LogP contribution in [-0.2, 0) is 0 Å². The van der Waals surface area contributed by atoms with Gasteiger partial charge >= 0.3 is 0 Å². The lowest BCUT2D eigenvalue weighted by Gasteiger charge is -2.37. The minimum Gasteiger partial charge on any atom is -0.303 e. The topological polar surface area (TPSA) is 39.1 Å². The monoisotopic (exact) mass is 237 g/mol. The van der Waals surface area contributed by atoms with Crippen molar-refractivity contribution in [1.82, 2.24) is 10.2 Å². The van der Waals surface area contributed by atoms with Crippen LogP contribution < -0.4 is 5.32 Å². The zero-order valence-electron chi connectivity index (χ0n) is 12.0. The molecule has 0 bridgehead atoms. The van der Waals surface area contributed by atoms with Crippen LogP contribution in [0.5, 0.6) is 0 Å². The van der Waals surface area contributed by atoms with Crippen LogP contribution in [0.2, 0.25) is 0 Å². The zero-order chi connectivity index (χ0) is 13.1. The Balaban J connectivity index is 2.69. The highest BCUT2D eigenvalue weighted by atomic mass is 15.2. The summed E-state index contributed by atoms with van der Waals surface area (Å²) >= 11 is 0. The van der Waals surface area contributed by atoms with Crippen molar-refractivity contribution in [2.45, 2.75) is 77.0 Å². The maximum atomic E-state index is 9.23. The molecule has 4 unspecified atom stereocenters. The van der Waals surface area contributed by atoms with E-state index in [1.165, 1.54) is 19.3 Å². The summed E-state index contributed by atoms with van der Waals surface area (Å²) < 4.78 is 0. The molecule has 0 spiro atoms. The first-order chi connectivity index (χ1) is 7.97. The average Bonchev–Trinajstić information content (AvgIpc) is 2.70. The Kier molecular flexibility index (Phi) is 4.97. The molecule has 1 saturated heterocycles. The molecule has 4 atom stereocenters. The molecular weight excluding hydrogens is 210 g/mol. The Bertz CT molecular complexity index is 284. The van der Waals surface area contributed by atoms with Gasteiger partial charge in [-0.2, -0.15) is 5.26 Å². The average molecular weight is 237 g/mol. The minimum atomic E-state index is -0.403. The molecule has 1 heterocycles. The second-order valence-electron chi connectivity index (χ2n) is 5.68. The number of nitrogens with zero attached hydrogens (tertiary/aromatic N) is 2. The third-order valence-electron chi connectivity index (χ3n) is 4.33. The van der Waals surface area contributed by atoms with E-state index in [0.717, 1.165) is 6.42 Å². The summed E-state index contributed by atoms with van der Waals surface area (Å²) in [7, 11) is 1.88. The van der Waals surface area contributed by atoms with Crippen LogP contribution in [0.25, 0.3) is 0 Å². The van der Waals surface area contributed by atoms with Gasteiger partial charge in [-0.25, -0.2) is 0 Å². The van der Waals surface area contributed by atoms with Crippen LogP contribution >= 0.6 is 0 Å². The fraction of sp³-hybridized carbons (Fsp3) is 0.929. The number of hydrogen-bond donors (Lipinski definition) is 1. The van der Waals surface area contributed by atoms with Gasteiger partial charge in [-0.15, -0.1) is 0 Å². The summed E-state index contributed by atoms with van der Waals surface area (Å²) in [5, 5.41) is 12.4. The van der Waals surface area contributed by atoms with Gasteiger partial charge in [0.1, 0.15) is 5.54 Å². The smallest absolute Gasteiger partial charge is 0.105 e. The molecule has 17 heavy (non-hydrogen) atoms. The second kappa shape index (κ2) is 5.84. The molecule has 0 saturated carbocycles. The van der Waals surface area contributed by atoms with Crippen LogP contribution in [0.3, 0.4) is 0 Å². The first-order valence-corrected chi connectivity index (χ1v) is 6.85. The van der Waals surface area contributed by atoms with Gasteiger partial charge in [0.2, 0.25) is 0 Å². The zero-order valence-corrected chi connectivity index (χ0v) is 12.0. The Morgan fingerprint density at radius 3 is 2.65 bits per heavy atom. The van der Waals surface area contributed by atoms with Crippen molar-refractivity contribution in [2.75, 3.05) is 7.05 Å². The van der Waals surface area contributed by atoms with Crippen molar-refractivity contribution in [3.63, 3.8) is 0 Å². The summed E-state index contributed by atoms with van der Waals surface area (Å²) in [6, 6.07) is 4.23. The van der Waals surface area contributed by atoms with E-state index in [1.807, 2.05) is 14.0 Å². The molecule has 0 aromatic carbocycles. The lowest BCUT2D eigenvalue weighted by Crippen LogP contribution is -2.48. The minimum absolute atomic E-state index is 0.403. The van der Waals surface area contributed by atoms with Crippen molar-refractivity contribution in [1.29, 1.82) is 5.26 Å². The third kappa shape index (κ3) is 3.20.